The summed E-state index contributed by atoms with van der Waals surface area (Å²) in [6.07, 6.45) is 14.2. The number of anilines is 2. The zero-order valence-corrected chi connectivity index (χ0v) is 30.3. The highest BCUT2D eigenvalue weighted by atomic mass is 16.5. The van der Waals surface area contributed by atoms with Crippen LogP contribution in [0.5, 0.6) is 11.5 Å². The molecule has 2 heterocycles. The van der Waals surface area contributed by atoms with Crippen molar-refractivity contribution < 1.29 is 28.7 Å². The van der Waals surface area contributed by atoms with Gasteiger partial charge in [0.2, 0.25) is 0 Å². The number of amides is 4. The van der Waals surface area contributed by atoms with Gasteiger partial charge in [-0.05, 0) is 96.8 Å². The van der Waals surface area contributed by atoms with Crippen molar-refractivity contribution in [3.63, 3.8) is 0 Å². The molecular formula is C44H48N2O6. The van der Waals surface area contributed by atoms with Gasteiger partial charge in [-0.3, -0.25) is 19.2 Å². The zero-order valence-electron chi connectivity index (χ0n) is 30.3. The van der Waals surface area contributed by atoms with Crippen molar-refractivity contribution in [2.45, 2.75) is 90.9 Å². The Morgan fingerprint density at radius 1 is 0.404 bits per heavy atom. The molecule has 0 N–H and O–H groups in total. The fourth-order valence-electron chi connectivity index (χ4n) is 6.84. The van der Waals surface area contributed by atoms with Crippen molar-refractivity contribution >= 4 is 35.0 Å². The van der Waals surface area contributed by atoms with Crippen LogP contribution in [0.3, 0.4) is 0 Å². The van der Waals surface area contributed by atoms with E-state index in [9.17, 15) is 19.2 Å². The van der Waals surface area contributed by atoms with Gasteiger partial charge in [-0.1, -0.05) is 90.2 Å². The summed E-state index contributed by atoms with van der Waals surface area (Å²) in [7, 11) is 0. The summed E-state index contributed by atoms with van der Waals surface area (Å²) < 4.78 is 11.8. The summed E-state index contributed by atoms with van der Waals surface area (Å²) >= 11 is 0. The lowest BCUT2D eigenvalue weighted by Crippen LogP contribution is -2.29. The van der Waals surface area contributed by atoms with Crippen LogP contribution in [0.1, 0.15) is 132 Å². The fourth-order valence-corrected chi connectivity index (χ4v) is 6.84. The van der Waals surface area contributed by atoms with Crippen LogP contribution in [0, 0.1) is 0 Å². The second kappa shape index (κ2) is 17.3. The molecule has 0 radical (unpaired) electrons. The van der Waals surface area contributed by atoms with E-state index in [1.54, 1.807) is 84.9 Å². The average molecular weight is 701 g/mol. The molecule has 0 aromatic heterocycles. The van der Waals surface area contributed by atoms with Gasteiger partial charge in [-0.2, -0.15) is 0 Å². The van der Waals surface area contributed by atoms with Crippen LogP contribution < -0.4 is 19.3 Å². The van der Waals surface area contributed by atoms with Gasteiger partial charge in [-0.25, -0.2) is 9.80 Å². The number of rotatable bonds is 19. The van der Waals surface area contributed by atoms with Gasteiger partial charge < -0.3 is 9.47 Å². The molecule has 8 heteroatoms. The number of hydrogen-bond donors (Lipinski definition) is 0. The predicted molar refractivity (Wildman–Crippen MR) is 205 cm³/mol. The van der Waals surface area contributed by atoms with Gasteiger partial charge in [0.25, 0.3) is 23.6 Å². The number of hydrogen-bond acceptors (Lipinski definition) is 6. The molecule has 0 unspecified atom stereocenters. The highest BCUT2D eigenvalue weighted by molar-refractivity contribution is 6.35. The normalized spacial score (nSPS) is 13.6. The summed E-state index contributed by atoms with van der Waals surface area (Å²) in [5, 5.41) is 0. The van der Waals surface area contributed by atoms with E-state index in [0.717, 1.165) is 25.7 Å². The molecule has 0 bridgehead atoms. The molecule has 270 valence electrons. The first-order valence-corrected chi connectivity index (χ1v) is 18.9. The first-order chi connectivity index (χ1) is 25.4. The van der Waals surface area contributed by atoms with Crippen LogP contribution in [-0.2, 0) is 0 Å². The summed E-state index contributed by atoms with van der Waals surface area (Å²) in [5.41, 5.74) is 3.47. The van der Waals surface area contributed by atoms with Crippen molar-refractivity contribution in [2.24, 2.45) is 0 Å². The molecule has 0 saturated heterocycles. The number of carbonyl (C=O) groups is 4. The topological polar surface area (TPSA) is 93.2 Å². The first kappa shape index (κ1) is 36.5. The molecule has 4 aromatic rings. The molecule has 6 rings (SSSR count). The minimum absolute atomic E-state index is 0.286. The lowest BCUT2D eigenvalue weighted by Gasteiger charge is -2.14. The molecule has 0 spiro atoms. The van der Waals surface area contributed by atoms with E-state index in [2.05, 4.69) is 13.8 Å². The van der Waals surface area contributed by atoms with Crippen molar-refractivity contribution in [3.8, 4) is 22.6 Å². The fraction of sp³-hybridized carbons (Fsp3) is 0.364. The summed E-state index contributed by atoms with van der Waals surface area (Å²) in [4.78, 5) is 56.3. The maximum Gasteiger partial charge on any atom is 0.266 e. The van der Waals surface area contributed by atoms with Crippen LogP contribution in [0.25, 0.3) is 11.1 Å². The Morgan fingerprint density at radius 3 is 1.13 bits per heavy atom. The molecule has 4 aromatic carbocycles. The third kappa shape index (κ3) is 8.12. The first-order valence-electron chi connectivity index (χ1n) is 18.9. The summed E-state index contributed by atoms with van der Waals surface area (Å²) in [5.74, 6) is -0.220. The van der Waals surface area contributed by atoms with Crippen LogP contribution >= 0.6 is 0 Å². The number of imide groups is 2. The molecule has 0 aliphatic carbocycles. The van der Waals surface area contributed by atoms with Gasteiger partial charge in [-0.15, -0.1) is 0 Å². The van der Waals surface area contributed by atoms with E-state index in [-0.39, 0.29) is 11.1 Å². The number of ether oxygens (including phenoxy) is 2. The second-order valence-corrected chi connectivity index (χ2v) is 13.6. The van der Waals surface area contributed by atoms with Crippen molar-refractivity contribution in [1.29, 1.82) is 0 Å². The van der Waals surface area contributed by atoms with Gasteiger partial charge in [0.15, 0.2) is 0 Å². The van der Waals surface area contributed by atoms with Gasteiger partial charge >= 0.3 is 0 Å². The average Bonchev–Trinajstić information content (AvgIpc) is 3.57. The van der Waals surface area contributed by atoms with E-state index >= 15 is 0 Å². The zero-order chi connectivity index (χ0) is 36.5. The standard InChI is InChI=1S/C44H48N2O6/c1-3-5-7-9-11-13-27-51-35-21-17-33(18-22-35)45-41(47)37-25-15-31(29-39(37)43(45)49)32-16-26-38-40(30-32)44(50)46(42(38)48)34-19-23-36(24-20-34)52-28-14-12-10-8-6-4-2/h15-26,29-30H,3-14,27-28H2,1-2H3. The van der Waals surface area contributed by atoms with E-state index < -0.39 is 23.6 Å². The lowest BCUT2D eigenvalue weighted by atomic mass is 9.97. The maximum absolute atomic E-state index is 13.6. The molecule has 2 aliphatic rings. The maximum atomic E-state index is 13.6. The Labute approximate surface area is 306 Å². The van der Waals surface area contributed by atoms with E-state index in [4.69, 9.17) is 9.47 Å². The van der Waals surface area contributed by atoms with Gasteiger partial charge in [0.05, 0.1) is 46.8 Å². The molecule has 2 aliphatic heterocycles. The predicted octanol–water partition coefficient (Wildman–Crippen LogP) is 10.4. The number of nitrogens with zero attached hydrogens (tertiary/aromatic N) is 2. The lowest BCUT2D eigenvalue weighted by molar-refractivity contribution is 0.0910. The smallest absolute Gasteiger partial charge is 0.266 e. The number of unbranched alkanes of at least 4 members (excludes halogenated alkanes) is 10. The Hall–Kier alpha value is -5.24. The number of carbonyl (C=O) groups excluding carboxylic acids is 4. The molecule has 0 atom stereocenters. The van der Waals surface area contributed by atoms with Crippen molar-refractivity contribution in [2.75, 3.05) is 23.0 Å². The van der Waals surface area contributed by atoms with E-state index in [1.807, 2.05) is 0 Å². The minimum Gasteiger partial charge on any atom is -0.494 e. The highest BCUT2D eigenvalue weighted by Crippen LogP contribution is 2.36. The van der Waals surface area contributed by atoms with Crippen LogP contribution in [-0.4, -0.2) is 36.8 Å². The Bertz CT molecular complexity index is 1760. The molecular weight excluding hydrogens is 652 g/mol. The van der Waals surface area contributed by atoms with Crippen molar-refractivity contribution in [1.82, 2.24) is 0 Å². The number of benzene rings is 4. The SMILES string of the molecule is CCCCCCCCOc1ccc(N2C(=O)c3ccc(-c4ccc5c(c4)C(=O)N(c4ccc(OCCCCCCCC)cc4)C5=O)cc3C2=O)cc1. The summed E-state index contributed by atoms with van der Waals surface area (Å²) in [6, 6.07) is 24.2. The molecule has 0 fully saturated rings. The monoisotopic (exact) mass is 700 g/mol. The molecule has 52 heavy (non-hydrogen) atoms. The van der Waals surface area contributed by atoms with Gasteiger partial charge in [0.1, 0.15) is 11.5 Å². The largest absolute Gasteiger partial charge is 0.494 e. The number of fused-ring (bicyclic) bond motifs is 2. The van der Waals surface area contributed by atoms with Crippen LogP contribution in [0.4, 0.5) is 11.4 Å². The van der Waals surface area contributed by atoms with Crippen LogP contribution in [0.2, 0.25) is 0 Å². The third-order valence-electron chi connectivity index (χ3n) is 9.83. The molecule has 4 amide bonds. The van der Waals surface area contributed by atoms with Crippen molar-refractivity contribution in [3.05, 3.63) is 107 Å². The second-order valence-electron chi connectivity index (χ2n) is 13.6. The van der Waals surface area contributed by atoms with Gasteiger partial charge in [0, 0.05) is 0 Å². The van der Waals surface area contributed by atoms with E-state index in [1.165, 1.54) is 61.2 Å². The minimum atomic E-state index is -0.416. The highest BCUT2D eigenvalue weighted by Gasteiger charge is 2.38. The Morgan fingerprint density at radius 2 is 0.750 bits per heavy atom. The van der Waals surface area contributed by atoms with Crippen LogP contribution in [0.15, 0.2) is 84.9 Å². The van der Waals surface area contributed by atoms with E-state index in [0.29, 0.717) is 58.3 Å². The Balaban J connectivity index is 1.08. The summed E-state index contributed by atoms with van der Waals surface area (Å²) in [6.45, 7) is 5.67. The third-order valence-corrected chi connectivity index (χ3v) is 9.83. The molecule has 8 nitrogen and oxygen atoms in total. The Kier molecular flexibility index (Phi) is 12.2. The quantitative estimate of drug-likeness (QED) is 0.0714. The molecule has 0 saturated carbocycles.